The monoisotopic (exact) mass is 307 g/mol. The summed E-state index contributed by atoms with van der Waals surface area (Å²) in [5.41, 5.74) is -0.0921. The maximum Gasteiger partial charge on any atom is 0.406 e. The molecular weight excluding hydrogens is 294 g/mol. The van der Waals surface area contributed by atoms with E-state index in [0.29, 0.717) is 4.90 Å². The maximum atomic E-state index is 12.8. The van der Waals surface area contributed by atoms with Crippen LogP contribution in [0.15, 0.2) is 24.3 Å². The topological polar surface area (TPSA) is 46.6 Å². The number of halogens is 4. The molecule has 0 aromatic heterocycles. The summed E-state index contributed by atoms with van der Waals surface area (Å²) in [5.74, 6) is -2.27. The van der Waals surface area contributed by atoms with Crippen LogP contribution < -0.4 is 0 Å². The predicted molar refractivity (Wildman–Crippen MR) is 65.0 cm³/mol. The van der Waals surface area contributed by atoms with E-state index in [1.54, 1.807) is 0 Å². The predicted octanol–water partition coefficient (Wildman–Crippen LogP) is 2.39. The number of alkyl halides is 3. The minimum absolute atomic E-state index is 0.0921. The Morgan fingerprint density at radius 3 is 2.24 bits per heavy atom. The number of carbonyl (C=O) groups is 2. The van der Waals surface area contributed by atoms with Crippen molar-refractivity contribution in [1.29, 1.82) is 0 Å². The molecule has 0 aliphatic rings. The van der Waals surface area contributed by atoms with Crippen LogP contribution in [0.3, 0.4) is 0 Å². The molecule has 0 N–H and O–H groups in total. The molecule has 1 aromatic rings. The van der Waals surface area contributed by atoms with E-state index in [4.69, 9.17) is 0 Å². The zero-order chi connectivity index (χ0) is 16.0. The maximum absolute atomic E-state index is 12.8. The SMILES string of the molecule is COC(=O)CCN(CC(F)(F)F)C(=O)c1ccc(F)cc1. The smallest absolute Gasteiger partial charge is 0.406 e. The molecule has 0 aliphatic carbocycles. The number of carbonyl (C=O) groups excluding carboxylic acids is 2. The van der Waals surface area contributed by atoms with Crippen molar-refractivity contribution in [2.75, 3.05) is 20.2 Å². The van der Waals surface area contributed by atoms with E-state index >= 15 is 0 Å². The van der Waals surface area contributed by atoms with Gasteiger partial charge in [0.15, 0.2) is 0 Å². The van der Waals surface area contributed by atoms with Gasteiger partial charge in [0, 0.05) is 12.1 Å². The highest BCUT2D eigenvalue weighted by molar-refractivity contribution is 5.94. The minimum Gasteiger partial charge on any atom is -0.469 e. The minimum atomic E-state index is -4.61. The molecule has 8 heteroatoms. The average Bonchev–Trinajstić information content (AvgIpc) is 2.42. The molecule has 0 saturated heterocycles. The molecule has 1 rings (SSSR count). The van der Waals surface area contributed by atoms with Crippen molar-refractivity contribution in [2.24, 2.45) is 0 Å². The van der Waals surface area contributed by atoms with E-state index in [1.807, 2.05) is 0 Å². The first-order valence-electron chi connectivity index (χ1n) is 5.91. The van der Waals surface area contributed by atoms with E-state index in [-0.39, 0.29) is 12.0 Å². The Hall–Kier alpha value is -2.12. The van der Waals surface area contributed by atoms with Crippen LogP contribution in [-0.2, 0) is 9.53 Å². The molecule has 21 heavy (non-hydrogen) atoms. The van der Waals surface area contributed by atoms with Gasteiger partial charge < -0.3 is 9.64 Å². The fourth-order valence-electron chi connectivity index (χ4n) is 1.57. The molecular formula is C13H13F4NO3. The molecule has 1 aromatic carbocycles. The summed E-state index contributed by atoms with van der Waals surface area (Å²) in [6.07, 6.45) is -4.97. The quantitative estimate of drug-likeness (QED) is 0.620. The lowest BCUT2D eigenvalue weighted by molar-refractivity contribution is -0.147. The van der Waals surface area contributed by atoms with Crippen molar-refractivity contribution in [3.8, 4) is 0 Å². The summed E-state index contributed by atoms with van der Waals surface area (Å²) >= 11 is 0. The summed E-state index contributed by atoms with van der Waals surface area (Å²) in [5, 5.41) is 0. The average molecular weight is 307 g/mol. The van der Waals surface area contributed by atoms with Gasteiger partial charge in [-0.05, 0) is 24.3 Å². The Kier molecular flexibility index (Phi) is 5.69. The molecule has 0 fully saturated rings. The van der Waals surface area contributed by atoms with E-state index < -0.39 is 37.0 Å². The summed E-state index contributed by atoms with van der Waals surface area (Å²) in [7, 11) is 1.10. The Balaban J connectivity index is 2.86. The lowest BCUT2D eigenvalue weighted by Crippen LogP contribution is -2.40. The highest BCUT2D eigenvalue weighted by Gasteiger charge is 2.33. The lowest BCUT2D eigenvalue weighted by Gasteiger charge is -2.23. The Morgan fingerprint density at radius 1 is 1.19 bits per heavy atom. The van der Waals surface area contributed by atoms with Crippen LogP contribution in [0, 0.1) is 5.82 Å². The molecule has 1 amide bonds. The van der Waals surface area contributed by atoms with Gasteiger partial charge in [-0.3, -0.25) is 9.59 Å². The number of hydrogen-bond acceptors (Lipinski definition) is 3. The zero-order valence-corrected chi connectivity index (χ0v) is 11.1. The number of methoxy groups -OCH3 is 1. The van der Waals surface area contributed by atoms with Crippen LogP contribution in [0.4, 0.5) is 17.6 Å². The molecule has 0 atom stereocenters. The van der Waals surface area contributed by atoms with Crippen molar-refractivity contribution in [1.82, 2.24) is 4.90 Å². The van der Waals surface area contributed by atoms with Gasteiger partial charge >= 0.3 is 12.1 Å². The number of nitrogens with zero attached hydrogens (tertiary/aromatic N) is 1. The van der Waals surface area contributed by atoms with Crippen LogP contribution >= 0.6 is 0 Å². The Labute approximate surface area is 118 Å². The number of amides is 1. The second-order valence-electron chi connectivity index (χ2n) is 4.17. The molecule has 0 spiro atoms. The van der Waals surface area contributed by atoms with Gasteiger partial charge in [0.2, 0.25) is 0 Å². The van der Waals surface area contributed by atoms with Crippen molar-refractivity contribution in [2.45, 2.75) is 12.6 Å². The molecule has 0 radical (unpaired) electrons. The number of rotatable bonds is 5. The third-order valence-electron chi connectivity index (χ3n) is 2.56. The van der Waals surface area contributed by atoms with Gasteiger partial charge in [-0.25, -0.2) is 4.39 Å². The van der Waals surface area contributed by atoms with Gasteiger partial charge in [0.25, 0.3) is 5.91 Å². The van der Waals surface area contributed by atoms with Crippen molar-refractivity contribution in [3.05, 3.63) is 35.6 Å². The van der Waals surface area contributed by atoms with Crippen molar-refractivity contribution in [3.63, 3.8) is 0 Å². The van der Waals surface area contributed by atoms with Gasteiger partial charge in [-0.1, -0.05) is 0 Å². The van der Waals surface area contributed by atoms with Crippen LogP contribution in [0.25, 0.3) is 0 Å². The molecule has 116 valence electrons. The number of hydrogen-bond donors (Lipinski definition) is 0. The first kappa shape index (κ1) is 16.9. The Morgan fingerprint density at radius 2 is 1.76 bits per heavy atom. The summed E-state index contributed by atoms with van der Waals surface area (Å²) in [6.45, 7) is -1.94. The molecule has 0 unspecified atom stereocenters. The van der Waals surface area contributed by atoms with E-state index in [0.717, 1.165) is 31.4 Å². The second kappa shape index (κ2) is 7.05. The fraction of sp³-hybridized carbons (Fsp3) is 0.385. The van der Waals surface area contributed by atoms with Crippen LogP contribution in [0.1, 0.15) is 16.8 Å². The van der Waals surface area contributed by atoms with Crippen LogP contribution in [0.2, 0.25) is 0 Å². The Bertz CT molecular complexity index is 499. The van der Waals surface area contributed by atoms with Crippen LogP contribution in [-0.4, -0.2) is 43.2 Å². The first-order chi connectivity index (χ1) is 9.73. The van der Waals surface area contributed by atoms with E-state index in [1.165, 1.54) is 0 Å². The lowest BCUT2D eigenvalue weighted by atomic mass is 10.2. The molecule has 0 aliphatic heterocycles. The second-order valence-corrected chi connectivity index (χ2v) is 4.17. The third-order valence-corrected chi connectivity index (χ3v) is 2.56. The van der Waals surface area contributed by atoms with Crippen LogP contribution in [0.5, 0.6) is 0 Å². The standard InChI is InChI=1S/C13H13F4NO3/c1-21-11(19)6-7-18(8-13(15,16)17)12(20)9-2-4-10(14)5-3-9/h2-5H,6-8H2,1H3. The van der Waals surface area contributed by atoms with E-state index in [2.05, 4.69) is 4.74 Å². The molecule has 0 bridgehead atoms. The van der Waals surface area contributed by atoms with Gasteiger partial charge in [-0.15, -0.1) is 0 Å². The number of ether oxygens (including phenoxy) is 1. The van der Waals surface area contributed by atoms with Crippen molar-refractivity contribution >= 4 is 11.9 Å². The summed E-state index contributed by atoms with van der Waals surface area (Å²) in [4.78, 5) is 23.5. The highest BCUT2D eigenvalue weighted by Crippen LogP contribution is 2.18. The highest BCUT2D eigenvalue weighted by atomic mass is 19.4. The summed E-state index contributed by atoms with van der Waals surface area (Å²) < 4.78 is 54.5. The normalized spacial score (nSPS) is 11.1. The fourth-order valence-corrected chi connectivity index (χ4v) is 1.57. The summed E-state index contributed by atoms with van der Waals surface area (Å²) in [6, 6.07) is 4.11. The third kappa shape index (κ3) is 5.80. The largest absolute Gasteiger partial charge is 0.469 e. The number of esters is 1. The molecule has 0 saturated carbocycles. The molecule has 0 heterocycles. The van der Waals surface area contributed by atoms with Crippen molar-refractivity contribution < 1.29 is 31.9 Å². The van der Waals surface area contributed by atoms with Gasteiger partial charge in [0.1, 0.15) is 12.4 Å². The molecule has 4 nitrogen and oxygen atoms in total. The first-order valence-corrected chi connectivity index (χ1v) is 5.91. The van der Waals surface area contributed by atoms with Gasteiger partial charge in [0.05, 0.1) is 13.5 Å². The zero-order valence-electron chi connectivity index (χ0n) is 11.1. The number of benzene rings is 1. The van der Waals surface area contributed by atoms with Gasteiger partial charge in [-0.2, -0.15) is 13.2 Å². The van der Waals surface area contributed by atoms with E-state index in [9.17, 15) is 27.2 Å².